The van der Waals surface area contributed by atoms with Gasteiger partial charge in [-0.25, -0.2) is 4.79 Å². The molecule has 0 aliphatic heterocycles. The van der Waals surface area contributed by atoms with Crippen LogP contribution in [0.15, 0.2) is 6.07 Å². The summed E-state index contributed by atoms with van der Waals surface area (Å²) in [6.45, 7) is 5.07. The number of carbonyl (C=O) groups is 1. The molecule has 0 spiro atoms. The van der Waals surface area contributed by atoms with Crippen LogP contribution in [0.25, 0.3) is 0 Å². The fraction of sp³-hybridized carbons (Fsp3) is 0.417. The summed E-state index contributed by atoms with van der Waals surface area (Å²) >= 11 is 5.94. The van der Waals surface area contributed by atoms with Gasteiger partial charge in [-0.2, -0.15) is 0 Å². The van der Waals surface area contributed by atoms with Crippen LogP contribution in [0.2, 0.25) is 5.02 Å². The van der Waals surface area contributed by atoms with Crippen molar-refractivity contribution >= 4 is 17.6 Å². The molecule has 94 valence electrons. The van der Waals surface area contributed by atoms with E-state index in [1.807, 2.05) is 0 Å². The molecule has 1 rings (SSSR count). The molecule has 0 saturated heterocycles. The van der Waals surface area contributed by atoms with E-state index in [0.717, 1.165) is 0 Å². The van der Waals surface area contributed by atoms with Gasteiger partial charge in [0.15, 0.2) is 6.10 Å². The number of hydrogen-bond acceptors (Lipinski definition) is 4. The summed E-state index contributed by atoms with van der Waals surface area (Å²) in [5, 5.41) is 20.1. The van der Waals surface area contributed by atoms with E-state index in [4.69, 9.17) is 16.3 Å². The monoisotopic (exact) mass is 258 g/mol. The maximum absolute atomic E-state index is 11.4. The fourth-order valence-electron chi connectivity index (χ4n) is 1.56. The minimum absolute atomic E-state index is 0.105. The quantitative estimate of drug-likeness (QED) is 0.816. The Morgan fingerprint density at radius 3 is 2.65 bits per heavy atom. The van der Waals surface area contributed by atoms with Crippen LogP contribution in [-0.4, -0.2) is 22.8 Å². The highest BCUT2D eigenvalue weighted by Crippen LogP contribution is 2.35. The average Bonchev–Trinajstić information content (AvgIpc) is 2.27. The minimum atomic E-state index is -1.52. The van der Waals surface area contributed by atoms with Crippen LogP contribution in [0.1, 0.15) is 29.7 Å². The number of aliphatic hydroxyl groups is 1. The number of ether oxygens (including phenoxy) is 1. The van der Waals surface area contributed by atoms with Crippen LogP contribution < -0.4 is 0 Å². The van der Waals surface area contributed by atoms with E-state index in [-0.39, 0.29) is 17.9 Å². The predicted octanol–water partition coefficient (Wildman–Crippen LogP) is 2.26. The largest absolute Gasteiger partial charge is 0.507 e. The highest BCUT2D eigenvalue weighted by Gasteiger charge is 2.26. The van der Waals surface area contributed by atoms with Gasteiger partial charge < -0.3 is 14.9 Å². The van der Waals surface area contributed by atoms with Crippen molar-refractivity contribution in [1.82, 2.24) is 0 Å². The van der Waals surface area contributed by atoms with Crippen LogP contribution in [0.3, 0.4) is 0 Å². The second-order valence-electron chi connectivity index (χ2n) is 3.72. The molecule has 17 heavy (non-hydrogen) atoms. The number of esters is 1. The fourth-order valence-corrected chi connectivity index (χ4v) is 1.82. The number of rotatable bonds is 3. The lowest BCUT2D eigenvalue weighted by Crippen LogP contribution is -2.17. The molecule has 0 heterocycles. The van der Waals surface area contributed by atoms with Crippen molar-refractivity contribution in [2.45, 2.75) is 26.9 Å². The summed E-state index contributed by atoms with van der Waals surface area (Å²) in [6.07, 6.45) is -1.52. The SMILES string of the molecule is CCOC(=O)C(O)c1c(C)c(Cl)cc(C)c1O. The number of aromatic hydroxyl groups is 1. The molecule has 0 aliphatic carbocycles. The van der Waals surface area contributed by atoms with Crippen molar-refractivity contribution in [3.8, 4) is 5.75 Å². The Bertz CT molecular complexity index is 416. The Hall–Kier alpha value is -1.26. The third-order valence-electron chi connectivity index (χ3n) is 2.52. The first-order chi connectivity index (χ1) is 7.90. The van der Waals surface area contributed by atoms with Crippen LogP contribution in [0.4, 0.5) is 0 Å². The smallest absolute Gasteiger partial charge is 0.339 e. The lowest BCUT2D eigenvalue weighted by atomic mass is 9.99. The van der Waals surface area contributed by atoms with Gasteiger partial charge in [0.05, 0.1) is 6.61 Å². The molecule has 0 saturated carbocycles. The first kappa shape index (κ1) is 13.8. The molecule has 1 atom stereocenters. The van der Waals surface area contributed by atoms with E-state index >= 15 is 0 Å². The molecule has 5 heteroatoms. The number of carbonyl (C=O) groups excluding carboxylic acids is 1. The van der Waals surface area contributed by atoms with Gasteiger partial charge in [0, 0.05) is 10.6 Å². The molecule has 1 aromatic rings. The summed E-state index contributed by atoms with van der Waals surface area (Å²) in [7, 11) is 0. The zero-order chi connectivity index (χ0) is 13.2. The number of aryl methyl sites for hydroxylation is 1. The van der Waals surface area contributed by atoms with Crippen LogP contribution in [0.5, 0.6) is 5.75 Å². The van der Waals surface area contributed by atoms with Gasteiger partial charge in [-0.3, -0.25) is 0 Å². The molecule has 1 unspecified atom stereocenters. The molecular weight excluding hydrogens is 244 g/mol. The zero-order valence-corrected chi connectivity index (χ0v) is 10.7. The maximum atomic E-state index is 11.4. The lowest BCUT2D eigenvalue weighted by molar-refractivity contribution is -0.153. The Balaban J connectivity index is 3.25. The van der Waals surface area contributed by atoms with Crippen molar-refractivity contribution in [2.24, 2.45) is 0 Å². The van der Waals surface area contributed by atoms with E-state index in [2.05, 4.69) is 0 Å². The molecule has 2 N–H and O–H groups in total. The summed E-state index contributed by atoms with van der Waals surface area (Å²) in [4.78, 5) is 11.4. The zero-order valence-electron chi connectivity index (χ0n) is 9.95. The average molecular weight is 259 g/mol. The Kier molecular flexibility index (Phi) is 4.37. The van der Waals surface area contributed by atoms with Crippen LogP contribution >= 0.6 is 11.6 Å². The molecule has 0 aliphatic rings. The van der Waals surface area contributed by atoms with Gasteiger partial charge >= 0.3 is 5.97 Å². The highest BCUT2D eigenvalue weighted by molar-refractivity contribution is 6.31. The first-order valence-electron chi connectivity index (χ1n) is 5.23. The number of hydrogen-bond donors (Lipinski definition) is 2. The highest BCUT2D eigenvalue weighted by atomic mass is 35.5. The molecule has 0 bridgehead atoms. The van der Waals surface area contributed by atoms with Gasteiger partial charge in [0.1, 0.15) is 5.75 Å². The third-order valence-corrected chi connectivity index (χ3v) is 2.91. The normalized spacial score (nSPS) is 12.3. The predicted molar refractivity (Wildman–Crippen MR) is 64.2 cm³/mol. The van der Waals surface area contributed by atoms with Gasteiger partial charge in [0.2, 0.25) is 0 Å². The molecule has 0 amide bonds. The Morgan fingerprint density at radius 1 is 1.53 bits per heavy atom. The maximum Gasteiger partial charge on any atom is 0.339 e. The van der Waals surface area contributed by atoms with E-state index in [9.17, 15) is 15.0 Å². The molecule has 0 radical (unpaired) electrons. The Labute approximate surface area is 105 Å². The second kappa shape index (κ2) is 5.38. The summed E-state index contributed by atoms with van der Waals surface area (Å²) < 4.78 is 4.70. The summed E-state index contributed by atoms with van der Waals surface area (Å²) in [5.74, 6) is -0.931. The van der Waals surface area contributed by atoms with Crippen LogP contribution in [0, 0.1) is 13.8 Å². The molecule has 1 aromatic carbocycles. The molecule has 4 nitrogen and oxygen atoms in total. The van der Waals surface area contributed by atoms with E-state index in [1.54, 1.807) is 26.8 Å². The Morgan fingerprint density at radius 2 is 2.12 bits per heavy atom. The lowest BCUT2D eigenvalue weighted by Gasteiger charge is -2.16. The summed E-state index contributed by atoms with van der Waals surface area (Å²) in [5.41, 5.74) is 1.07. The number of phenols is 1. The van der Waals surface area contributed by atoms with Crippen molar-refractivity contribution in [3.63, 3.8) is 0 Å². The molecule has 0 aromatic heterocycles. The molecular formula is C12H15ClO4. The van der Waals surface area contributed by atoms with Crippen molar-refractivity contribution in [2.75, 3.05) is 6.61 Å². The number of phenolic OH excluding ortho intramolecular Hbond substituents is 1. The standard InChI is InChI=1S/C12H15ClO4/c1-4-17-12(16)11(15)9-7(3)8(13)5-6(2)10(9)14/h5,11,14-15H,4H2,1-3H3. The topological polar surface area (TPSA) is 66.8 Å². The van der Waals surface area contributed by atoms with Gasteiger partial charge in [-0.15, -0.1) is 0 Å². The van der Waals surface area contributed by atoms with Crippen molar-refractivity contribution < 1.29 is 19.7 Å². The van der Waals surface area contributed by atoms with Gasteiger partial charge in [0.25, 0.3) is 0 Å². The second-order valence-corrected chi connectivity index (χ2v) is 4.12. The molecule has 0 fully saturated rings. The summed E-state index contributed by atoms with van der Waals surface area (Å²) in [6, 6.07) is 1.58. The number of aliphatic hydroxyl groups excluding tert-OH is 1. The number of benzene rings is 1. The minimum Gasteiger partial charge on any atom is -0.507 e. The third kappa shape index (κ3) is 2.70. The van der Waals surface area contributed by atoms with E-state index in [1.165, 1.54) is 0 Å². The van der Waals surface area contributed by atoms with E-state index < -0.39 is 12.1 Å². The van der Waals surface area contributed by atoms with Crippen molar-refractivity contribution in [1.29, 1.82) is 0 Å². The van der Waals surface area contributed by atoms with E-state index in [0.29, 0.717) is 16.1 Å². The van der Waals surface area contributed by atoms with Gasteiger partial charge in [-0.05, 0) is 38.0 Å². The van der Waals surface area contributed by atoms with Crippen LogP contribution in [-0.2, 0) is 9.53 Å². The first-order valence-corrected chi connectivity index (χ1v) is 5.61. The number of halogens is 1. The van der Waals surface area contributed by atoms with Crippen molar-refractivity contribution in [3.05, 3.63) is 27.8 Å². The van der Waals surface area contributed by atoms with Gasteiger partial charge in [-0.1, -0.05) is 11.6 Å².